The van der Waals surface area contributed by atoms with Crippen LogP contribution >= 0.6 is 0 Å². The molecule has 2 heterocycles. The molecule has 106 valence electrons. The number of hydrogen-bond acceptors (Lipinski definition) is 4. The number of nitrogens with zero attached hydrogens (tertiary/aromatic N) is 2. The van der Waals surface area contributed by atoms with Crippen LogP contribution in [0.2, 0.25) is 0 Å². The topological polar surface area (TPSA) is 51.0 Å². The van der Waals surface area contributed by atoms with Gasteiger partial charge in [-0.3, -0.25) is 0 Å². The van der Waals surface area contributed by atoms with E-state index in [0.717, 1.165) is 24.8 Å². The van der Waals surface area contributed by atoms with Gasteiger partial charge in [-0.1, -0.05) is 32.9 Å². The summed E-state index contributed by atoms with van der Waals surface area (Å²) in [7, 11) is 0. The summed E-state index contributed by atoms with van der Waals surface area (Å²) in [6, 6.07) is 0. The summed E-state index contributed by atoms with van der Waals surface area (Å²) in [5.41, 5.74) is 0.329. The van der Waals surface area contributed by atoms with Crippen LogP contribution in [0.1, 0.15) is 64.6 Å². The van der Waals surface area contributed by atoms with E-state index in [1.807, 2.05) is 0 Å². The molecule has 2 fully saturated rings. The molecule has 0 amide bonds. The first-order chi connectivity index (χ1) is 8.91. The number of aromatic nitrogens is 2. The highest BCUT2D eigenvalue weighted by Crippen LogP contribution is 2.57. The molecule has 0 bridgehead atoms. The normalized spacial score (nSPS) is 30.3. The molecule has 1 aromatic heterocycles. The molecule has 1 aliphatic carbocycles. The molecule has 4 heteroatoms. The van der Waals surface area contributed by atoms with Gasteiger partial charge in [0.2, 0.25) is 5.89 Å². The molecule has 2 atom stereocenters. The maximum Gasteiger partial charge on any atom is 0.232 e. The molecule has 2 aliphatic rings. The van der Waals surface area contributed by atoms with Crippen molar-refractivity contribution in [2.24, 2.45) is 11.3 Å². The minimum Gasteiger partial charge on any atom is -0.339 e. The van der Waals surface area contributed by atoms with Gasteiger partial charge in [0.1, 0.15) is 0 Å². The standard InChI is InChI=1S/C15H25N3O/c1-14(2)8-11(14)12-17-13(19-18-12)15(3,4)10-6-5-7-16-9-10/h10-11,16H,5-9H2,1-4H3. The molecule has 19 heavy (non-hydrogen) atoms. The molecule has 0 radical (unpaired) electrons. The van der Waals surface area contributed by atoms with Gasteiger partial charge in [0.05, 0.1) is 0 Å². The van der Waals surface area contributed by atoms with Gasteiger partial charge in [-0.05, 0) is 43.7 Å². The average molecular weight is 263 g/mol. The highest BCUT2D eigenvalue weighted by atomic mass is 16.5. The predicted octanol–water partition coefficient (Wildman–Crippen LogP) is 2.86. The van der Waals surface area contributed by atoms with E-state index in [1.54, 1.807) is 0 Å². The van der Waals surface area contributed by atoms with Gasteiger partial charge < -0.3 is 9.84 Å². The van der Waals surface area contributed by atoms with Crippen LogP contribution < -0.4 is 5.32 Å². The highest BCUT2D eigenvalue weighted by molar-refractivity contribution is 5.16. The lowest BCUT2D eigenvalue weighted by Gasteiger charge is -2.34. The van der Waals surface area contributed by atoms with Gasteiger partial charge >= 0.3 is 0 Å². The number of rotatable bonds is 3. The second-order valence-electron chi connectivity index (χ2n) is 7.47. The van der Waals surface area contributed by atoms with Crippen molar-refractivity contribution in [1.82, 2.24) is 15.5 Å². The Balaban J connectivity index is 1.77. The first-order valence-electron chi connectivity index (χ1n) is 7.46. The quantitative estimate of drug-likeness (QED) is 0.911. The highest BCUT2D eigenvalue weighted by Gasteiger charge is 2.50. The van der Waals surface area contributed by atoms with E-state index in [9.17, 15) is 0 Å². The summed E-state index contributed by atoms with van der Waals surface area (Å²) < 4.78 is 5.59. The molecule has 0 aromatic carbocycles. The Hall–Kier alpha value is -0.900. The molecular weight excluding hydrogens is 238 g/mol. The van der Waals surface area contributed by atoms with Crippen LogP contribution in [0, 0.1) is 11.3 Å². The van der Waals surface area contributed by atoms with Crippen molar-refractivity contribution < 1.29 is 4.52 Å². The van der Waals surface area contributed by atoms with E-state index < -0.39 is 0 Å². The maximum absolute atomic E-state index is 5.59. The van der Waals surface area contributed by atoms with Crippen LogP contribution in [-0.2, 0) is 5.41 Å². The summed E-state index contributed by atoms with van der Waals surface area (Å²) in [5, 5.41) is 7.70. The van der Waals surface area contributed by atoms with E-state index in [0.29, 0.717) is 17.3 Å². The third-order valence-corrected chi connectivity index (χ3v) is 5.14. The Bertz CT molecular complexity index is 458. The lowest BCUT2D eigenvalue weighted by atomic mass is 9.75. The smallest absolute Gasteiger partial charge is 0.232 e. The van der Waals surface area contributed by atoms with Gasteiger partial charge in [0.15, 0.2) is 5.82 Å². The van der Waals surface area contributed by atoms with Crippen molar-refractivity contribution >= 4 is 0 Å². The Morgan fingerprint density at radius 1 is 1.37 bits per heavy atom. The molecule has 1 saturated carbocycles. The molecule has 2 unspecified atom stereocenters. The fourth-order valence-electron chi connectivity index (χ4n) is 3.19. The first-order valence-corrected chi connectivity index (χ1v) is 7.46. The zero-order valence-electron chi connectivity index (χ0n) is 12.5. The average Bonchev–Trinajstić information content (AvgIpc) is 2.81. The van der Waals surface area contributed by atoms with E-state index >= 15 is 0 Å². The minimum atomic E-state index is -0.0301. The van der Waals surface area contributed by atoms with Gasteiger partial charge in [-0.25, -0.2) is 0 Å². The van der Waals surface area contributed by atoms with Crippen LogP contribution in [0.3, 0.4) is 0 Å². The maximum atomic E-state index is 5.59. The van der Waals surface area contributed by atoms with Crippen LogP contribution in [0.15, 0.2) is 4.52 Å². The fourth-order valence-corrected chi connectivity index (χ4v) is 3.19. The first kappa shape index (κ1) is 13.1. The molecule has 1 N–H and O–H groups in total. The van der Waals surface area contributed by atoms with Crippen LogP contribution in [0.25, 0.3) is 0 Å². The monoisotopic (exact) mass is 263 g/mol. The number of nitrogens with one attached hydrogen (secondary N) is 1. The largest absolute Gasteiger partial charge is 0.339 e. The SMILES string of the molecule is CC1(C)CC1c1noc(C(C)(C)C2CCCNC2)n1. The summed E-state index contributed by atoms with van der Waals surface area (Å²) in [6.07, 6.45) is 3.66. The van der Waals surface area contributed by atoms with Crippen molar-refractivity contribution in [2.75, 3.05) is 13.1 Å². The lowest BCUT2D eigenvalue weighted by Crippen LogP contribution is -2.40. The van der Waals surface area contributed by atoms with E-state index in [-0.39, 0.29) is 5.41 Å². The van der Waals surface area contributed by atoms with Gasteiger partial charge in [-0.15, -0.1) is 0 Å². The van der Waals surface area contributed by atoms with Crippen molar-refractivity contribution in [2.45, 2.75) is 58.3 Å². The van der Waals surface area contributed by atoms with E-state index in [2.05, 4.69) is 38.2 Å². The summed E-state index contributed by atoms with van der Waals surface area (Å²) in [6.45, 7) is 11.2. The minimum absolute atomic E-state index is 0.0301. The van der Waals surface area contributed by atoms with E-state index in [4.69, 9.17) is 9.51 Å². The van der Waals surface area contributed by atoms with Crippen molar-refractivity contribution in [3.63, 3.8) is 0 Å². The number of hydrogen-bond donors (Lipinski definition) is 1. The van der Waals surface area contributed by atoms with Gasteiger partial charge in [-0.2, -0.15) is 4.98 Å². The summed E-state index contributed by atoms with van der Waals surface area (Å²) in [4.78, 5) is 4.71. The zero-order chi connectivity index (χ0) is 13.7. The number of piperidine rings is 1. The Kier molecular flexibility index (Phi) is 2.97. The van der Waals surface area contributed by atoms with Crippen molar-refractivity contribution in [3.8, 4) is 0 Å². The van der Waals surface area contributed by atoms with Crippen LogP contribution in [-0.4, -0.2) is 23.2 Å². The van der Waals surface area contributed by atoms with Gasteiger partial charge in [0.25, 0.3) is 0 Å². The zero-order valence-corrected chi connectivity index (χ0v) is 12.5. The van der Waals surface area contributed by atoms with Crippen molar-refractivity contribution in [3.05, 3.63) is 11.7 Å². The molecule has 1 aliphatic heterocycles. The molecule has 0 spiro atoms. The Labute approximate surface area is 115 Å². The summed E-state index contributed by atoms with van der Waals surface area (Å²) in [5.74, 6) is 2.81. The fraction of sp³-hybridized carbons (Fsp3) is 0.867. The lowest BCUT2D eigenvalue weighted by molar-refractivity contribution is 0.196. The molecular formula is C15H25N3O. The van der Waals surface area contributed by atoms with E-state index in [1.165, 1.54) is 19.3 Å². The predicted molar refractivity (Wildman–Crippen MR) is 74.1 cm³/mol. The van der Waals surface area contributed by atoms with Gasteiger partial charge in [0, 0.05) is 11.3 Å². The molecule has 1 saturated heterocycles. The Morgan fingerprint density at radius 2 is 2.11 bits per heavy atom. The third-order valence-electron chi connectivity index (χ3n) is 5.14. The second-order valence-corrected chi connectivity index (χ2v) is 7.47. The molecule has 4 nitrogen and oxygen atoms in total. The summed E-state index contributed by atoms with van der Waals surface area (Å²) >= 11 is 0. The van der Waals surface area contributed by atoms with Crippen LogP contribution in [0.4, 0.5) is 0 Å². The molecule has 3 rings (SSSR count). The van der Waals surface area contributed by atoms with Crippen LogP contribution in [0.5, 0.6) is 0 Å². The third kappa shape index (κ3) is 2.31. The van der Waals surface area contributed by atoms with Crippen molar-refractivity contribution in [1.29, 1.82) is 0 Å². The second kappa shape index (κ2) is 4.30. The Morgan fingerprint density at radius 3 is 2.68 bits per heavy atom. The molecule has 1 aromatic rings.